The summed E-state index contributed by atoms with van der Waals surface area (Å²) in [6.07, 6.45) is -4.82. The van der Waals surface area contributed by atoms with Gasteiger partial charge in [0.15, 0.2) is 0 Å². The molecule has 0 heterocycles. The number of nitrogens with two attached hydrogens (primary N) is 2. The van der Waals surface area contributed by atoms with E-state index in [-0.39, 0.29) is 0 Å². The molecule has 0 aromatic heterocycles. The Labute approximate surface area is 94.3 Å². The number of alkyl halides is 3. The van der Waals surface area contributed by atoms with E-state index in [1.54, 1.807) is 0 Å². The highest BCUT2D eigenvalue weighted by atomic mass is 32.2. The van der Waals surface area contributed by atoms with Crippen LogP contribution in [0.5, 0.6) is 0 Å². The normalized spacial score (nSPS) is 14.7. The molecule has 1 atom stereocenters. The van der Waals surface area contributed by atoms with Gasteiger partial charge in [0.05, 0.1) is 4.90 Å². The summed E-state index contributed by atoms with van der Waals surface area (Å²) in [5.74, 6) is -1.37. The highest BCUT2D eigenvalue weighted by molar-refractivity contribution is 7.89. The molecule has 96 valence electrons. The lowest BCUT2D eigenvalue weighted by Crippen LogP contribution is -2.29. The average Bonchev–Trinajstić information content (AvgIpc) is 2.13. The number of primary sulfonamides is 1. The second-order valence-corrected chi connectivity index (χ2v) is 4.81. The van der Waals surface area contributed by atoms with Crippen LogP contribution in [0.25, 0.3) is 0 Å². The standard InChI is InChI=1S/C8H8F4N2O2S/c9-6-3-4(17(14,15)16)1-2-5(6)7(13)8(10,11)12/h1-3,7H,13H2,(H2,14,15,16)/t7-/m1/s1. The molecule has 1 aromatic rings. The third-order valence-electron chi connectivity index (χ3n) is 1.99. The SMILES string of the molecule is N[C@H](c1ccc(S(N)(=O)=O)cc1F)C(F)(F)F. The van der Waals surface area contributed by atoms with Gasteiger partial charge >= 0.3 is 6.18 Å². The van der Waals surface area contributed by atoms with Crippen molar-refractivity contribution in [2.45, 2.75) is 17.1 Å². The molecule has 4 nitrogen and oxygen atoms in total. The molecule has 0 radical (unpaired) electrons. The molecule has 0 amide bonds. The molecule has 17 heavy (non-hydrogen) atoms. The fourth-order valence-corrected chi connectivity index (χ4v) is 1.64. The first kappa shape index (κ1) is 13.9. The Morgan fingerprint density at radius 2 is 1.76 bits per heavy atom. The minimum atomic E-state index is -4.82. The smallest absolute Gasteiger partial charge is 0.316 e. The topological polar surface area (TPSA) is 86.2 Å². The predicted molar refractivity (Wildman–Crippen MR) is 50.8 cm³/mol. The van der Waals surface area contributed by atoms with E-state index in [1.165, 1.54) is 0 Å². The van der Waals surface area contributed by atoms with Gasteiger partial charge < -0.3 is 5.73 Å². The number of rotatable bonds is 2. The lowest BCUT2D eigenvalue weighted by Gasteiger charge is -2.16. The van der Waals surface area contributed by atoms with Crippen LogP contribution < -0.4 is 10.9 Å². The van der Waals surface area contributed by atoms with Crippen molar-refractivity contribution in [2.24, 2.45) is 10.9 Å². The van der Waals surface area contributed by atoms with Crippen molar-refractivity contribution in [1.82, 2.24) is 0 Å². The molecule has 0 aliphatic rings. The Morgan fingerprint density at radius 3 is 2.12 bits per heavy atom. The van der Waals surface area contributed by atoms with E-state index in [4.69, 9.17) is 5.73 Å². The summed E-state index contributed by atoms with van der Waals surface area (Å²) >= 11 is 0. The first-order valence-electron chi connectivity index (χ1n) is 4.18. The second-order valence-electron chi connectivity index (χ2n) is 3.25. The van der Waals surface area contributed by atoms with Gasteiger partial charge in [-0.15, -0.1) is 0 Å². The van der Waals surface area contributed by atoms with Crippen LogP contribution >= 0.6 is 0 Å². The van der Waals surface area contributed by atoms with Gasteiger partial charge in [-0.25, -0.2) is 17.9 Å². The van der Waals surface area contributed by atoms with Gasteiger partial charge in [0, 0.05) is 5.56 Å². The molecule has 0 aliphatic carbocycles. The number of sulfonamides is 1. The fourth-order valence-electron chi connectivity index (χ4n) is 1.11. The van der Waals surface area contributed by atoms with Gasteiger partial charge in [-0.05, 0) is 12.1 Å². The first-order valence-corrected chi connectivity index (χ1v) is 5.72. The zero-order chi connectivity index (χ0) is 13.4. The highest BCUT2D eigenvalue weighted by Gasteiger charge is 2.39. The van der Waals surface area contributed by atoms with Gasteiger partial charge in [0.25, 0.3) is 0 Å². The molecule has 0 fully saturated rings. The Balaban J connectivity index is 3.24. The van der Waals surface area contributed by atoms with Crippen molar-refractivity contribution in [1.29, 1.82) is 0 Å². The largest absolute Gasteiger partial charge is 0.407 e. The first-order chi connectivity index (χ1) is 7.53. The zero-order valence-corrected chi connectivity index (χ0v) is 9.02. The van der Waals surface area contributed by atoms with Crippen molar-refractivity contribution in [3.8, 4) is 0 Å². The Bertz CT molecular complexity index is 527. The van der Waals surface area contributed by atoms with Crippen molar-refractivity contribution >= 4 is 10.0 Å². The highest BCUT2D eigenvalue weighted by Crippen LogP contribution is 2.32. The van der Waals surface area contributed by atoms with E-state index in [2.05, 4.69) is 5.14 Å². The van der Waals surface area contributed by atoms with Crippen molar-refractivity contribution in [3.05, 3.63) is 29.6 Å². The zero-order valence-electron chi connectivity index (χ0n) is 8.20. The lowest BCUT2D eigenvalue weighted by atomic mass is 10.1. The Hall–Kier alpha value is -1.19. The van der Waals surface area contributed by atoms with Crippen LogP contribution in [-0.4, -0.2) is 14.6 Å². The Kier molecular flexibility index (Phi) is 3.46. The molecular weight excluding hydrogens is 264 g/mol. The maximum Gasteiger partial charge on any atom is 0.407 e. The number of hydrogen-bond donors (Lipinski definition) is 2. The molecule has 1 aromatic carbocycles. The van der Waals surface area contributed by atoms with Crippen molar-refractivity contribution in [2.75, 3.05) is 0 Å². The van der Waals surface area contributed by atoms with E-state index in [0.29, 0.717) is 12.1 Å². The van der Waals surface area contributed by atoms with Gasteiger partial charge in [-0.1, -0.05) is 6.07 Å². The van der Waals surface area contributed by atoms with E-state index in [1.807, 2.05) is 0 Å². The van der Waals surface area contributed by atoms with E-state index in [9.17, 15) is 26.0 Å². The second kappa shape index (κ2) is 4.24. The average molecular weight is 272 g/mol. The molecule has 0 saturated carbocycles. The summed E-state index contributed by atoms with van der Waals surface area (Å²) in [4.78, 5) is -0.617. The van der Waals surface area contributed by atoms with Gasteiger partial charge in [-0.3, -0.25) is 0 Å². The third-order valence-corrected chi connectivity index (χ3v) is 2.90. The fraction of sp³-hybridized carbons (Fsp3) is 0.250. The van der Waals surface area contributed by atoms with Gasteiger partial charge in [-0.2, -0.15) is 13.2 Å². The van der Waals surface area contributed by atoms with Gasteiger partial charge in [0.1, 0.15) is 11.9 Å². The summed E-state index contributed by atoms with van der Waals surface area (Å²) in [5.41, 5.74) is 3.94. The number of halogens is 4. The van der Waals surface area contributed by atoms with Crippen LogP contribution in [0.15, 0.2) is 23.1 Å². The minimum absolute atomic E-state index is 0.399. The number of benzene rings is 1. The maximum absolute atomic E-state index is 13.3. The van der Waals surface area contributed by atoms with E-state index >= 15 is 0 Å². The van der Waals surface area contributed by atoms with Crippen LogP contribution in [0.4, 0.5) is 17.6 Å². The van der Waals surface area contributed by atoms with Crippen molar-refractivity contribution in [3.63, 3.8) is 0 Å². The van der Waals surface area contributed by atoms with E-state index in [0.717, 1.165) is 6.07 Å². The Morgan fingerprint density at radius 1 is 1.24 bits per heavy atom. The summed E-state index contributed by atoms with van der Waals surface area (Å²) in [6.45, 7) is 0. The third kappa shape index (κ3) is 3.14. The predicted octanol–water partition coefficient (Wildman–Crippen LogP) is 1.04. The molecule has 9 heteroatoms. The summed E-state index contributed by atoms with van der Waals surface area (Å²) in [7, 11) is -4.17. The van der Waals surface area contributed by atoms with Crippen LogP contribution in [0.1, 0.15) is 11.6 Å². The minimum Gasteiger partial charge on any atom is -0.316 e. The van der Waals surface area contributed by atoms with Gasteiger partial charge in [0.2, 0.25) is 10.0 Å². The molecular formula is C8H8F4N2O2S. The van der Waals surface area contributed by atoms with E-state index < -0.39 is 38.5 Å². The van der Waals surface area contributed by atoms with Crippen molar-refractivity contribution < 1.29 is 26.0 Å². The summed E-state index contributed by atoms with van der Waals surface area (Å²) < 4.78 is 71.5. The molecule has 0 bridgehead atoms. The molecule has 0 saturated heterocycles. The lowest BCUT2D eigenvalue weighted by molar-refractivity contribution is -0.149. The van der Waals surface area contributed by atoms with Crippen LogP contribution in [0.3, 0.4) is 0 Å². The summed E-state index contributed by atoms with van der Waals surface area (Å²) in [5, 5.41) is 4.69. The van der Waals surface area contributed by atoms with Crippen LogP contribution in [0, 0.1) is 5.82 Å². The quantitative estimate of drug-likeness (QED) is 0.788. The molecule has 0 unspecified atom stereocenters. The monoisotopic (exact) mass is 272 g/mol. The van der Waals surface area contributed by atoms with Crippen LogP contribution in [-0.2, 0) is 10.0 Å². The molecule has 0 spiro atoms. The molecule has 0 aliphatic heterocycles. The van der Waals surface area contributed by atoms with Crippen LogP contribution in [0.2, 0.25) is 0 Å². The molecule has 4 N–H and O–H groups in total. The maximum atomic E-state index is 13.3. The number of hydrogen-bond acceptors (Lipinski definition) is 3. The molecule has 1 rings (SSSR count). The summed E-state index contributed by atoms with van der Waals surface area (Å²) in [6, 6.07) is -0.708.